The average Bonchev–Trinajstić information content (AvgIpc) is 3.42. The summed E-state index contributed by atoms with van der Waals surface area (Å²) in [7, 11) is 1.25. The number of hydrogen-bond donors (Lipinski definition) is 2. The molecule has 1 fully saturated rings. The number of nitriles is 1. The third kappa shape index (κ3) is 4.91. The molecule has 0 aliphatic carbocycles. The lowest BCUT2D eigenvalue weighted by Crippen LogP contribution is -2.56. The summed E-state index contributed by atoms with van der Waals surface area (Å²) >= 11 is 3.24. The minimum absolute atomic E-state index is 0.0354. The summed E-state index contributed by atoms with van der Waals surface area (Å²) in [4.78, 5) is 53.0. The maximum Gasteiger partial charge on any atom is 0.471 e. The molecular weight excluding hydrogens is 551 g/mol. The van der Waals surface area contributed by atoms with Gasteiger partial charge >= 0.3 is 12.1 Å². The van der Waals surface area contributed by atoms with E-state index in [9.17, 15) is 37.6 Å². The summed E-state index contributed by atoms with van der Waals surface area (Å²) in [5.74, 6) is -3.96. The number of carbonyl (C=O) groups excluding carboxylic acids is 4. The molecule has 2 aliphatic heterocycles. The number of nitrogens with zero attached hydrogens (tertiary/aromatic N) is 5. The van der Waals surface area contributed by atoms with Crippen LogP contribution in [0.25, 0.3) is 0 Å². The Morgan fingerprint density at radius 1 is 1.39 bits per heavy atom. The molecular formula is C21H25BrF3N7O4. The highest BCUT2D eigenvalue weighted by molar-refractivity contribution is 9.10. The van der Waals surface area contributed by atoms with Crippen LogP contribution in [-0.4, -0.2) is 81.1 Å². The Morgan fingerprint density at radius 3 is 2.58 bits per heavy atom. The fourth-order valence-corrected chi connectivity index (χ4v) is 4.88. The molecule has 4 atom stereocenters. The van der Waals surface area contributed by atoms with Crippen molar-refractivity contribution in [1.82, 2.24) is 24.9 Å². The molecule has 36 heavy (non-hydrogen) atoms. The zero-order chi connectivity index (χ0) is 27.2. The van der Waals surface area contributed by atoms with Crippen molar-refractivity contribution in [2.24, 2.45) is 5.92 Å². The topological polar surface area (TPSA) is 140 Å². The van der Waals surface area contributed by atoms with Crippen LogP contribution in [0.5, 0.6) is 0 Å². The van der Waals surface area contributed by atoms with Gasteiger partial charge in [-0.15, -0.1) is 0 Å². The van der Waals surface area contributed by atoms with Crippen molar-refractivity contribution in [2.45, 2.75) is 63.5 Å². The molecule has 4 amide bonds. The zero-order valence-corrected chi connectivity index (χ0v) is 21.5. The van der Waals surface area contributed by atoms with E-state index in [-0.39, 0.29) is 25.3 Å². The van der Waals surface area contributed by atoms with E-state index in [1.165, 1.54) is 16.6 Å². The second kappa shape index (κ2) is 9.72. The Morgan fingerprint density at radius 2 is 2.03 bits per heavy atom. The number of rotatable bonds is 6. The summed E-state index contributed by atoms with van der Waals surface area (Å²) in [6.45, 7) is 4.48. The van der Waals surface area contributed by atoms with Crippen molar-refractivity contribution in [2.75, 3.05) is 18.9 Å². The number of anilines is 1. The third-order valence-electron chi connectivity index (χ3n) is 6.29. The van der Waals surface area contributed by atoms with Crippen molar-refractivity contribution in [3.8, 4) is 6.07 Å². The molecule has 196 valence electrons. The van der Waals surface area contributed by atoms with E-state index in [0.717, 1.165) is 11.8 Å². The van der Waals surface area contributed by atoms with Gasteiger partial charge in [-0.3, -0.25) is 19.2 Å². The first-order valence-electron chi connectivity index (χ1n) is 11.0. The van der Waals surface area contributed by atoms with Crippen LogP contribution in [0.15, 0.2) is 10.7 Å². The molecule has 15 heteroatoms. The first kappa shape index (κ1) is 27.4. The van der Waals surface area contributed by atoms with Gasteiger partial charge in [0.05, 0.1) is 12.6 Å². The molecule has 3 rings (SSSR count). The summed E-state index contributed by atoms with van der Waals surface area (Å²) in [5.41, 5.74) is -1.32. The zero-order valence-electron chi connectivity index (χ0n) is 19.9. The highest BCUT2D eigenvalue weighted by atomic mass is 79.9. The molecule has 1 spiro atoms. The van der Waals surface area contributed by atoms with Crippen molar-refractivity contribution in [3.05, 3.63) is 10.7 Å². The predicted molar refractivity (Wildman–Crippen MR) is 122 cm³/mol. The quantitative estimate of drug-likeness (QED) is 0.524. The number of nitrogens with one attached hydrogen (secondary N) is 2. The Labute approximate surface area is 213 Å². The molecule has 3 heterocycles. The fourth-order valence-electron chi connectivity index (χ4n) is 4.51. The normalized spacial score (nSPS) is 22.7. The number of alkyl halides is 3. The van der Waals surface area contributed by atoms with E-state index in [4.69, 9.17) is 0 Å². The van der Waals surface area contributed by atoms with Gasteiger partial charge in [0.15, 0.2) is 5.54 Å². The Hall–Kier alpha value is -3.15. The number of likely N-dealkylation sites (N-methyl/N-ethyl adjacent to an activating group) is 1. The maximum absolute atomic E-state index is 13.7. The molecule has 2 aliphatic rings. The molecule has 2 N–H and O–H groups in total. The number of fused-ring (bicyclic) bond motifs is 2. The van der Waals surface area contributed by atoms with Gasteiger partial charge in [-0.2, -0.15) is 23.5 Å². The standard InChI is InChI=1S/C21H25BrF3N7O4/c1-10(2)5-13(30(4)16(33)11(3)27-19(36)21(23,24)25)17(34)31-9-20(7-12(31)8-26)18(35)28-15-6-14(22)29-32(15)20/h6,10-13H,5,7,9H2,1-4H3,(H,27,36)(H,28,35)/t11-,12-,13-,20+/m0/s1. The van der Waals surface area contributed by atoms with E-state index in [1.54, 1.807) is 25.2 Å². The average molecular weight is 576 g/mol. The van der Waals surface area contributed by atoms with E-state index in [1.807, 2.05) is 6.07 Å². The number of halogens is 4. The van der Waals surface area contributed by atoms with Crippen LogP contribution in [0.4, 0.5) is 19.0 Å². The largest absolute Gasteiger partial charge is 0.471 e. The second-order valence-electron chi connectivity index (χ2n) is 9.35. The van der Waals surface area contributed by atoms with E-state index in [0.29, 0.717) is 10.4 Å². The highest BCUT2D eigenvalue weighted by Crippen LogP contribution is 2.42. The van der Waals surface area contributed by atoms with Crippen LogP contribution in [-0.2, 0) is 24.7 Å². The van der Waals surface area contributed by atoms with E-state index >= 15 is 0 Å². The first-order valence-corrected chi connectivity index (χ1v) is 11.8. The van der Waals surface area contributed by atoms with Crippen molar-refractivity contribution >= 4 is 45.4 Å². The Balaban J connectivity index is 1.87. The molecule has 0 unspecified atom stereocenters. The molecule has 0 saturated carbocycles. The molecule has 0 bridgehead atoms. The van der Waals surface area contributed by atoms with Crippen molar-refractivity contribution in [3.63, 3.8) is 0 Å². The fraction of sp³-hybridized carbons (Fsp3) is 0.619. The van der Waals surface area contributed by atoms with Crippen LogP contribution in [0.1, 0.15) is 33.6 Å². The van der Waals surface area contributed by atoms with E-state index in [2.05, 4.69) is 26.3 Å². The van der Waals surface area contributed by atoms with Crippen LogP contribution in [0, 0.1) is 17.2 Å². The molecule has 0 radical (unpaired) electrons. The van der Waals surface area contributed by atoms with Gasteiger partial charge in [0.25, 0.3) is 5.91 Å². The van der Waals surface area contributed by atoms with Crippen LogP contribution in [0.2, 0.25) is 0 Å². The number of aromatic nitrogens is 2. The predicted octanol–water partition coefficient (Wildman–Crippen LogP) is 1.36. The molecule has 1 aromatic rings. The van der Waals surface area contributed by atoms with Gasteiger partial charge in [0.2, 0.25) is 11.8 Å². The van der Waals surface area contributed by atoms with Gasteiger partial charge in [-0.1, -0.05) is 13.8 Å². The lowest BCUT2D eigenvalue weighted by molar-refractivity contribution is -0.175. The van der Waals surface area contributed by atoms with Gasteiger partial charge in [-0.25, -0.2) is 4.68 Å². The van der Waals surface area contributed by atoms with Crippen LogP contribution in [0.3, 0.4) is 0 Å². The smallest absolute Gasteiger partial charge is 0.337 e. The summed E-state index contributed by atoms with van der Waals surface area (Å²) < 4.78 is 39.8. The van der Waals surface area contributed by atoms with E-state index < -0.39 is 53.5 Å². The Kier molecular flexibility index (Phi) is 7.41. The molecule has 0 aromatic carbocycles. The van der Waals surface area contributed by atoms with Crippen LogP contribution < -0.4 is 10.6 Å². The lowest BCUT2D eigenvalue weighted by atomic mass is 9.96. The SMILES string of the molecule is CC(C)C[C@@H](C(=O)N1C[C@]2(C[C@H]1C#N)C(=O)Nc1cc(Br)nn12)N(C)C(=O)[C@H](C)NC(=O)C(F)(F)F. The molecule has 1 aromatic heterocycles. The molecule has 1 saturated heterocycles. The van der Waals surface area contributed by atoms with Gasteiger partial charge in [-0.05, 0) is 35.2 Å². The Bertz CT molecular complexity index is 1130. The summed E-state index contributed by atoms with van der Waals surface area (Å²) in [6.07, 6.45) is -5.08. The molecule has 11 nitrogen and oxygen atoms in total. The highest BCUT2D eigenvalue weighted by Gasteiger charge is 2.58. The maximum atomic E-state index is 13.7. The van der Waals surface area contributed by atoms with Crippen molar-refractivity contribution in [1.29, 1.82) is 5.26 Å². The number of hydrogen-bond acceptors (Lipinski definition) is 6. The minimum atomic E-state index is -5.17. The third-order valence-corrected chi connectivity index (χ3v) is 6.68. The number of carbonyl (C=O) groups is 4. The number of likely N-dealkylation sites (tertiary alicyclic amines) is 1. The van der Waals surface area contributed by atoms with Gasteiger partial charge < -0.3 is 20.4 Å². The summed E-state index contributed by atoms with van der Waals surface area (Å²) in [6, 6.07) is -0.110. The van der Waals surface area contributed by atoms with Crippen LogP contribution >= 0.6 is 15.9 Å². The lowest BCUT2D eigenvalue weighted by Gasteiger charge is -2.34. The second-order valence-corrected chi connectivity index (χ2v) is 10.2. The van der Waals surface area contributed by atoms with Gasteiger partial charge in [0.1, 0.15) is 28.5 Å². The minimum Gasteiger partial charge on any atom is -0.337 e. The number of amides is 4. The monoisotopic (exact) mass is 575 g/mol. The van der Waals surface area contributed by atoms with Gasteiger partial charge in [0, 0.05) is 19.5 Å². The summed E-state index contributed by atoms with van der Waals surface area (Å²) in [5, 5.41) is 18.4. The first-order chi connectivity index (χ1) is 16.6. The van der Waals surface area contributed by atoms with Crippen molar-refractivity contribution < 1.29 is 32.3 Å².